The van der Waals surface area contributed by atoms with Crippen LogP contribution in [0.25, 0.3) is 11.0 Å². The van der Waals surface area contributed by atoms with E-state index in [1.165, 1.54) is 0 Å². The van der Waals surface area contributed by atoms with Crippen LogP contribution in [0, 0.1) is 0 Å². The van der Waals surface area contributed by atoms with Gasteiger partial charge in [0.05, 0.1) is 11.0 Å². The van der Waals surface area contributed by atoms with Crippen LogP contribution in [0.4, 0.5) is 0 Å². The highest BCUT2D eigenvalue weighted by atomic mass is 14.9. The van der Waals surface area contributed by atoms with Gasteiger partial charge in [-0.1, -0.05) is 24.3 Å². The molecule has 0 fully saturated rings. The fourth-order valence-corrected chi connectivity index (χ4v) is 1.65. The van der Waals surface area contributed by atoms with Gasteiger partial charge in [-0.05, 0) is 25.5 Å². The summed E-state index contributed by atoms with van der Waals surface area (Å²) in [5.41, 5.74) is 7.76. The Hall–Kier alpha value is -1.61. The minimum absolute atomic E-state index is 0.135. The molecule has 16 heavy (non-hydrogen) atoms. The van der Waals surface area contributed by atoms with Crippen LogP contribution in [0.15, 0.2) is 36.4 Å². The molecule has 0 amide bonds. The third kappa shape index (κ3) is 2.70. The molecule has 3 heteroatoms. The van der Waals surface area contributed by atoms with E-state index < -0.39 is 0 Å². The standard InChI is InChI=1S/C13H17N3/c1-10(14)6-2-5-9-13-15-11-7-3-4-8-12(11)16-13/h2-4,6-8,10H,5,9,14H2,1H3,(H,15,16)/b6-2+. The van der Waals surface area contributed by atoms with E-state index >= 15 is 0 Å². The Balaban J connectivity index is 1.99. The molecule has 3 nitrogen and oxygen atoms in total. The Bertz CT molecular complexity index is 450. The van der Waals surface area contributed by atoms with Gasteiger partial charge in [0.25, 0.3) is 0 Å². The summed E-state index contributed by atoms with van der Waals surface area (Å²) in [7, 11) is 0. The molecule has 1 aromatic heterocycles. The second-order valence-electron chi connectivity index (χ2n) is 4.03. The Labute approximate surface area is 95.4 Å². The summed E-state index contributed by atoms with van der Waals surface area (Å²) >= 11 is 0. The minimum atomic E-state index is 0.135. The van der Waals surface area contributed by atoms with Crippen LogP contribution in [0.2, 0.25) is 0 Å². The van der Waals surface area contributed by atoms with Crippen molar-refractivity contribution in [3.05, 3.63) is 42.2 Å². The van der Waals surface area contributed by atoms with Crippen LogP contribution >= 0.6 is 0 Å². The van der Waals surface area contributed by atoms with Crippen molar-refractivity contribution in [1.29, 1.82) is 0 Å². The minimum Gasteiger partial charge on any atom is -0.342 e. The van der Waals surface area contributed by atoms with Crippen molar-refractivity contribution in [2.45, 2.75) is 25.8 Å². The molecule has 0 aliphatic heterocycles. The predicted molar refractivity (Wildman–Crippen MR) is 67.2 cm³/mol. The summed E-state index contributed by atoms with van der Waals surface area (Å²) in [5, 5.41) is 0. The number of benzene rings is 1. The smallest absolute Gasteiger partial charge is 0.107 e. The van der Waals surface area contributed by atoms with E-state index in [-0.39, 0.29) is 6.04 Å². The number of allylic oxidation sites excluding steroid dienone is 1. The van der Waals surface area contributed by atoms with E-state index in [9.17, 15) is 0 Å². The first-order valence-electron chi connectivity index (χ1n) is 5.61. The quantitative estimate of drug-likeness (QED) is 0.769. The molecule has 1 aromatic carbocycles. The molecular weight excluding hydrogens is 198 g/mol. The first-order valence-corrected chi connectivity index (χ1v) is 5.61. The molecule has 0 radical (unpaired) electrons. The number of hydrogen-bond acceptors (Lipinski definition) is 2. The molecule has 0 aliphatic carbocycles. The monoisotopic (exact) mass is 215 g/mol. The van der Waals surface area contributed by atoms with Gasteiger partial charge in [0, 0.05) is 12.5 Å². The van der Waals surface area contributed by atoms with Gasteiger partial charge < -0.3 is 10.7 Å². The Morgan fingerprint density at radius 3 is 3.00 bits per heavy atom. The molecule has 2 rings (SSSR count). The summed E-state index contributed by atoms with van der Waals surface area (Å²) in [6.07, 6.45) is 6.03. The van der Waals surface area contributed by atoms with E-state index in [1.807, 2.05) is 37.3 Å². The summed E-state index contributed by atoms with van der Waals surface area (Å²) in [4.78, 5) is 7.82. The van der Waals surface area contributed by atoms with Gasteiger partial charge in [0.1, 0.15) is 5.82 Å². The number of para-hydroxylation sites is 2. The van der Waals surface area contributed by atoms with Crippen molar-refractivity contribution in [3.63, 3.8) is 0 Å². The lowest BCUT2D eigenvalue weighted by molar-refractivity contribution is 0.884. The van der Waals surface area contributed by atoms with Crippen molar-refractivity contribution in [1.82, 2.24) is 9.97 Å². The van der Waals surface area contributed by atoms with Crippen LogP contribution in [0.1, 0.15) is 19.2 Å². The topological polar surface area (TPSA) is 54.7 Å². The molecule has 0 saturated heterocycles. The number of aromatic nitrogens is 2. The zero-order valence-electron chi connectivity index (χ0n) is 9.48. The van der Waals surface area contributed by atoms with Crippen LogP contribution in [-0.4, -0.2) is 16.0 Å². The fourth-order valence-electron chi connectivity index (χ4n) is 1.65. The molecule has 2 aromatic rings. The number of aromatic amines is 1. The van der Waals surface area contributed by atoms with Crippen LogP contribution in [0.5, 0.6) is 0 Å². The highest BCUT2D eigenvalue weighted by Gasteiger charge is 1.99. The fraction of sp³-hybridized carbons (Fsp3) is 0.308. The number of nitrogens with zero attached hydrogens (tertiary/aromatic N) is 1. The zero-order valence-corrected chi connectivity index (χ0v) is 9.48. The number of nitrogens with one attached hydrogen (secondary N) is 1. The molecule has 0 spiro atoms. The molecule has 1 atom stereocenters. The van der Waals surface area contributed by atoms with Gasteiger partial charge in [-0.15, -0.1) is 0 Å². The van der Waals surface area contributed by atoms with E-state index in [2.05, 4.69) is 16.0 Å². The second-order valence-corrected chi connectivity index (χ2v) is 4.03. The normalized spacial score (nSPS) is 13.6. The van der Waals surface area contributed by atoms with Crippen molar-refractivity contribution >= 4 is 11.0 Å². The summed E-state index contributed by atoms with van der Waals surface area (Å²) in [6, 6.07) is 8.22. The molecule has 3 N–H and O–H groups in total. The molecule has 0 saturated carbocycles. The maximum absolute atomic E-state index is 5.62. The number of aryl methyl sites for hydroxylation is 1. The zero-order chi connectivity index (χ0) is 11.4. The second kappa shape index (κ2) is 4.94. The van der Waals surface area contributed by atoms with Crippen molar-refractivity contribution in [3.8, 4) is 0 Å². The Morgan fingerprint density at radius 1 is 1.44 bits per heavy atom. The Morgan fingerprint density at radius 2 is 2.25 bits per heavy atom. The van der Waals surface area contributed by atoms with Gasteiger partial charge >= 0.3 is 0 Å². The number of H-pyrrole nitrogens is 1. The van der Waals surface area contributed by atoms with E-state index in [0.717, 1.165) is 29.7 Å². The first-order chi connectivity index (χ1) is 7.75. The number of nitrogens with two attached hydrogens (primary N) is 1. The van der Waals surface area contributed by atoms with E-state index in [4.69, 9.17) is 5.73 Å². The largest absolute Gasteiger partial charge is 0.342 e. The van der Waals surface area contributed by atoms with Crippen LogP contribution < -0.4 is 5.73 Å². The number of fused-ring (bicyclic) bond motifs is 1. The lowest BCUT2D eigenvalue weighted by Gasteiger charge is -1.94. The molecule has 1 heterocycles. The van der Waals surface area contributed by atoms with Crippen molar-refractivity contribution in [2.75, 3.05) is 0 Å². The Kier molecular flexibility index (Phi) is 3.37. The molecule has 84 valence electrons. The average Bonchev–Trinajstić information content (AvgIpc) is 2.66. The van der Waals surface area contributed by atoms with Crippen molar-refractivity contribution < 1.29 is 0 Å². The van der Waals surface area contributed by atoms with Crippen LogP contribution in [-0.2, 0) is 6.42 Å². The predicted octanol–water partition coefficient (Wildman–Crippen LogP) is 2.40. The van der Waals surface area contributed by atoms with E-state index in [0.29, 0.717) is 0 Å². The number of imidazole rings is 1. The molecular formula is C13H17N3. The SMILES string of the molecule is CC(N)/C=C/CCc1nc2ccccc2[nH]1. The highest BCUT2D eigenvalue weighted by Crippen LogP contribution is 2.11. The molecule has 1 unspecified atom stereocenters. The van der Waals surface area contributed by atoms with Gasteiger partial charge in [-0.3, -0.25) is 0 Å². The summed E-state index contributed by atoms with van der Waals surface area (Å²) in [5.74, 6) is 1.04. The highest BCUT2D eigenvalue weighted by molar-refractivity contribution is 5.74. The third-order valence-corrected chi connectivity index (χ3v) is 2.43. The van der Waals surface area contributed by atoms with Crippen LogP contribution in [0.3, 0.4) is 0 Å². The van der Waals surface area contributed by atoms with Gasteiger partial charge in [0.2, 0.25) is 0 Å². The van der Waals surface area contributed by atoms with Gasteiger partial charge in [-0.25, -0.2) is 4.98 Å². The third-order valence-electron chi connectivity index (χ3n) is 2.43. The van der Waals surface area contributed by atoms with Crippen molar-refractivity contribution in [2.24, 2.45) is 5.73 Å². The molecule has 0 bridgehead atoms. The molecule has 0 aliphatic rings. The number of hydrogen-bond donors (Lipinski definition) is 2. The maximum Gasteiger partial charge on any atom is 0.107 e. The summed E-state index contributed by atoms with van der Waals surface area (Å²) in [6.45, 7) is 1.97. The maximum atomic E-state index is 5.62. The number of rotatable bonds is 4. The average molecular weight is 215 g/mol. The van der Waals surface area contributed by atoms with E-state index in [1.54, 1.807) is 0 Å². The lowest BCUT2D eigenvalue weighted by Crippen LogP contribution is -2.10. The first kappa shape index (κ1) is 10.9. The van der Waals surface area contributed by atoms with Gasteiger partial charge in [0.15, 0.2) is 0 Å². The lowest BCUT2D eigenvalue weighted by atomic mass is 10.2. The summed E-state index contributed by atoms with van der Waals surface area (Å²) < 4.78 is 0. The van der Waals surface area contributed by atoms with Gasteiger partial charge in [-0.2, -0.15) is 0 Å².